The number of carbonyl (C=O) groups excluding carboxylic acids is 2. The van der Waals surface area contributed by atoms with E-state index in [1.807, 2.05) is 0 Å². The van der Waals surface area contributed by atoms with Crippen LogP contribution in [0.4, 0.5) is 54.9 Å². The molecule has 3 N–H and O–H groups in total. The number of nitrogens with one attached hydrogen (secondary N) is 1. The van der Waals surface area contributed by atoms with Gasteiger partial charge in [-0.2, -0.15) is 26.3 Å². The average molecular weight is 1080 g/mol. The summed E-state index contributed by atoms with van der Waals surface area (Å²) >= 11 is 9.55. The Hall–Kier alpha value is -7.94. The normalized spacial score (nSPS) is 11.7. The van der Waals surface area contributed by atoms with E-state index in [-0.39, 0.29) is 77.3 Å². The van der Waals surface area contributed by atoms with Crippen molar-refractivity contribution < 1.29 is 45.0 Å². The molecule has 0 bridgehead atoms. The van der Waals surface area contributed by atoms with Crippen molar-refractivity contribution in [2.45, 2.75) is 66.4 Å². The number of carbonyl (C=O) groups is 2. The highest BCUT2D eigenvalue weighted by Crippen LogP contribution is 2.30. The number of imidazole rings is 1. The molecule has 0 spiro atoms. The maximum absolute atomic E-state index is 13.1. The number of aromatic nitrogens is 8. The average Bonchev–Trinajstić information content (AvgIpc) is 4.18. The Morgan fingerprint density at radius 3 is 1.69 bits per heavy atom. The number of rotatable bonds is 12. The van der Waals surface area contributed by atoms with Crippen LogP contribution in [0.2, 0.25) is 0 Å². The molecule has 1 aliphatic heterocycles. The van der Waals surface area contributed by atoms with Gasteiger partial charge in [0.05, 0.1) is 30.9 Å². The molecule has 0 unspecified atom stereocenters. The summed E-state index contributed by atoms with van der Waals surface area (Å²) in [7, 11) is 3.06. The molecule has 21 nitrogen and oxygen atoms in total. The Morgan fingerprint density at radius 1 is 0.770 bits per heavy atom. The van der Waals surface area contributed by atoms with Crippen LogP contribution in [0.1, 0.15) is 42.3 Å². The van der Waals surface area contributed by atoms with Gasteiger partial charge in [0, 0.05) is 74.7 Å². The highest BCUT2D eigenvalue weighted by atomic mass is 35.5. The summed E-state index contributed by atoms with van der Waals surface area (Å²) in [6, 6.07) is 14.1. The minimum atomic E-state index is -4.53. The molecular weight excluding hydrogens is 1040 g/mol. The number of nitrogen functional groups attached to an aromatic ring is 1. The fraction of sp³-hybridized carbons (Fsp3) is 0.333. The van der Waals surface area contributed by atoms with Crippen molar-refractivity contribution in [3.05, 3.63) is 137 Å². The largest absolute Gasteiger partial charge is 0.484 e. The van der Waals surface area contributed by atoms with Crippen LogP contribution in [0.15, 0.2) is 100 Å². The quantitative estimate of drug-likeness (QED) is 0.0470. The third-order valence-electron chi connectivity index (χ3n) is 10.5. The number of nitrogens with two attached hydrogens (primary N) is 1. The van der Waals surface area contributed by atoms with Gasteiger partial charge < -0.3 is 24.7 Å². The number of benzene rings is 2. The summed E-state index contributed by atoms with van der Waals surface area (Å²) in [6.45, 7) is 5.54. The van der Waals surface area contributed by atoms with Gasteiger partial charge in [-0.1, -0.05) is 10.3 Å². The number of hydrogen-bond acceptors (Lipinski definition) is 15. The number of hydrogen-bond donors (Lipinski definition) is 2. The summed E-state index contributed by atoms with van der Waals surface area (Å²) in [4.78, 5) is 81.2. The van der Waals surface area contributed by atoms with Crippen LogP contribution in [-0.2, 0) is 49.7 Å². The molecule has 0 saturated carbocycles. The molecule has 0 aliphatic carbocycles. The zero-order chi connectivity index (χ0) is 54.8. The summed E-state index contributed by atoms with van der Waals surface area (Å²) < 4.78 is 92.4. The summed E-state index contributed by atoms with van der Waals surface area (Å²) in [5.41, 5.74) is 5.78. The second-order valence-electron chi connectivity index (χ2n) is 15.8. The lowest BCUT2D eigenvalue weighted by Crippen LogP contribution is -2.40. The minimum Gasteiger partial charge on any atom is -0.399 e. The Morgan fingerprint density at radius 2 is 1.24 bits per heavy atom. The topological polar surface area (TPSA) is 249 Å². The second-order valence-corrected chi connectivity index (χ2v) is 16.5. The van der Waals surface area contributed by atoms with Gasteiger partial charge in [0.1, 0.15) is 35.3 Å². The number of amides is 1. The van der Waals surface area contributed by atoms with E-state index in [0.717, 1.165) is 9.13 Å². The molecule has 1 aliphatic rings. The van der Waals surface area contributed by atoms with Crippen LogP contribution in [-0.4, -0.2) is 87.1 Å². The highest BCUT2D eigenvalue weighted by Gasteiger charge is 2.37. The van der Waals surface area contributed by atoms with Crippen LogP contribution in [0.5, 0.6) is 0 Å². The van der Waals surface area contributed by atoms with E-state index in [9.17, 15) is 55.1 Å². The van der Waals surface area contributed by atoms with Crippen LogP contribution in [0, 0.1) is 13.8 Å². The smallest absolute Gasteiger partial charge is 0.399 e. The molecule has 0 radical (unpaired) electrons. The number of aryl methyl sites for hydroxylation is 3. The fourth-order valence-corrected chi connectivity index (χ4v) is 7.17. The number of nitrogens with zero attached hydrogens (tertiary/aromatic N) is 11. The number of alkyl halides is 7. The molecule has 396 valence electrons. The van der Waals surface area contributed by atoms with Gasteiger partial charge in [0.2, 0.25) is 11.1 Å². The minimum absolute atomic E-state index is 0.0339. The lowest BCUT2D eigenvalue weighted by atomic mass is 10.2. The van der Waals surface area contributed by atoms with E-state index in [4.69, 9.17) is 38.0 Å². The molecule has 6 heterocycles. The Balaban J connectivity index is 0.000000221. The first-order valence-electron chi connectivity index (χ1n) is 21.8. The third-order valence-corrected chi connectivity index (χ3v) is 11.1. The van der Waals surface area contributed by atoms with E-state index in [1.165, 1.54) is 89.5 Å². The van der Waals surface area contributed by atoms with Crippen molar-refractivity contribution in [3.8, 4) is 0 Å². The first kappa shape index (κ1) is 57.0. The predicted molar refractivity (Wildman–Crippen MR) is 263 cm³/mol. The molecule has 5 aromatic heterocycles. The maximum atomic E-state index is 13.1. The Labute approximate surface area is 424 Å². The van der Waals surface area contributed by atoms with Crippen molar-refractivity contribution >= 4 is 80.3 Å². The van der Waals surface area contributed by atoms with Crippen molar-refractivity contribution in [2.75, 3.05) is 39.8 Å². The van der Waals surface area contributed by atoms with Gasteiger partial charge in [0.25, 0.3) is 11.1 Å². The van der Waals surface area contributed by atoms with Crippen LogP contribution < -0.4 is 43.3 Å². The first-order valence-corrected chi connectivity index (χ1v) is 22.7. The lowest BCUT2D eigenvalue weighted by molar-refractivity contribution is -0.129. The van der Waals surface area contributed by atoms with E-state index in [2.05, 4.69) is 25.6 Å². The van der Waals surface area contributed by atoms with Crippen LogP contribution >= 0.6 is 23.2 Å². The van der Waals surface area contributed by atoms with E-state index in [0.29, 0.717) is 51.3 Å². The predicted octanol–water partition coefficient (Wildman–Crippen LogP) is 5.98. The van der Waals surface area contributed by atoms with Gasteiger partial charge in [-0.15, -0.1) is 11.6 Å². The summed E-state index contributed by atoms with van der Waals surface area (Å²) in [5.74, 6) is 0.970. The fourth-order valence-electron chi connectivity index (χ4n) is 7.17. The molecule has 0 fully saturated rings. The number of anilines is 4. The number of aliphatic imine (C=N–C) groups is 1. The van der Waals surface area contributed by atoms with Crippen molar-refractivity contribution in [3.63, 3.8) is 0 Å². The van der Waals surface area contributed by atoms with Crippen LogP contribution in [0.3, 0.4) is 0 Å². The van der Waals surface area contributed by atoms with Gasteiger partial charge in [0.15, 0.2) is 11.2 Å². The van der Waals surface area contributed by atoms with Crippen LogP contribution in [0.25, 0.3) is 11.2 Å². The third kappa shape index (κ3) is 14.0. The van der Waals surface area contributed by atoms with Gasteiger partial charge in [-0.3, -0.25) is 47.2 Å². The zero-order valence-electron chi connectivity index (χ0n) is 40.2. The van der Waals surface area contributed by atoms with Crippen molar-refractivity contribution in [1.29, 1.82) is 0 Å². The number of halogens is 8. The van der Waals surface area contributed by atoms with Gasteiger partial charge in [-0.25, -0.2) is 19.6 Å². The van der Waals surface area contributed by atoms with Gasteiger partial charge in [-0.05, 0) is 87.8 Å². The van der Waals surface area contributed by atoms with Crippen molar-refractivity contribution in [1.82, 2.24) is 38.1 Å². The van der Waals surface area contributed by atoms with E-state index < -0.39 is 40.7 Å². The monoisotopic (exact) mass is 1080 g/mol. The maximum Gasteiger partial charge on any atom is 0.484 e. The van der Waals surface area contributed by atoms with E-state index in [1.54, 1.807) is 39.2 Å². The SMILES string of the molecule is CCN(c1ccc(N)cc1)C(F)(F)F.CCN(c1ccc(NC(=O)Cn2cnc3c2c(=O)n(Cc2cc(C)on2)c(=O)n3C)cc1)C(F)(F)F.Cc1cc(Cn2c(=O)c3c(n(C)c2=O)N=CC3)no1.O=C(Cl)CCl. The summed E-state index contributed by atoms with van der Waals surface area (Å²) in [5, 5.41) is 9.69. The van der Waals surface area contributed by atoms with Gasteiger partial charge >= 0.3 is 24.0 Å². The second kappa shape index (κ2) is 24.2. The lowest BCUT2D eigenvalue weighted by Gasteiger charge is -2.25. The van der Waals surface area contributed by atoms with Crippen molar-refractivity contribution in [2.24, 2.45) is 19.1 Å². The molecule has 74 heavy (non-hydrogen) atoms. The molecule has 0 saturated heterocycles. The standard InChI is InChI=1S/C22H22F3N7O4.C12H12N4O3.C9H11F3N2.C2H2Cl2O/c1-4-32(22(23,24)25)16-7-5-14(6-8-16)27-17(33)11-30-12-26-19-18(30)20(34)31(21(35)29(19)3)10-15-9-13(2)36-28-15;1-7-5-8(14-19-7)6-16-11(17)9-3-4-13-10(9)15(2)12(16)18;1-2-14(9(10,11)12)8-5-3-7(13)4-6-8;3-1-2(4)5/h5-9,12H,4,10-11H2,1-3H3,(H,27,33);4-5H,3,6H2,1-2H3;3-6H,2,13H2,1H3;1H2. The molecule has 7 aromatic rings. The zero-order valence-corrected chi connectivity index (χ0v) is 41.7. The first-order chi connectivity index (χ1) is 34.8. The Kier molecular flexibility index (Phi) is 18.6. The molecule has 0 atom stereocenters. The molecule has 8 rings (SSSR count). The summed E-state index contributed by atoms with van der Waals surface area (Å²) in [6.07, 6.45) is -5.51. The van der Waals surface area contributed by atoms with E-state index >= 15 is 0 Å². The molecule has 1 amide bonds. The molecule has 2 aromatic carbocycles. The Bertz CT molecular complexity index is 3380. The number of fused-ring (bicyclic) bond motifs is 2. The molecule has 29 heteroatoms. The highest BCUT2D eigenvalue weighted by molar-refractivity contribution is 6.67. The molecular formula is C45H47Cl2F6N13O8.